The highest BCUT2D eigenvalue weighted by molar-refractivity contribution is 5.76. The van der Waals surface area contributed by atoms with E-state index in [1.807, 2.05) is 11.7 Å². The summed E-state index contributed by atoms with van der Waals surface area (Å²) in [6, 6.07) is 15.1. The van der Waals surface area contributed by atoms with Crippen molar-refractivity contribution in [3.05, 3.63) is 76.4 Å². The molecule has 0 unspecified atom stereocenters. The first kappa shape index (κ1) is 18.3. The maximum absolute atomic E-state index is 7.46. The summed E-state index contributed by atoms with van der Waals surface area (Å²) in [4.78, 5) is 6.06. The number of hydrogen-bond acceptors (Lipinski definition) is 2. The average Bonchev–Trinajstić information content (AvgIpc) is 3.45. The van der Waals surface area contributed by atoms with Crippen LogP contribution in [0.4, 0.5) is 11.4 Å². The minimum Gasteiger partial charge on any atom is -0.344 e. The number of rotatable bonds is 4. The standard InChI is InChI=1S/C24H26N4/c1-16-7-8-19(23-17(2)26-28(6)18(23)3)15-22(16)27(5)21-11-9-20(10-12-21)24(25-4)13-14-24/h7-12,15H,13-14H2,1-3,5-6H3. The van der Waals surface area contributed by atoms with Crippen molar-refractivity contribution in [2.24, 2.45) is 7.05 Å². The SMILES string of the molecule is [C-]#[N+]C1(c2ccc(N(C)c3cc(-c4c(C)nn(C)c4C)ccc3C)cc2)CC1. The molecule has 0 radical (unpaired) electrons. The van der Waals surface area contributed by atoms with Gasteiger partial charge in [-0.2, -0.15) is 5.10 Å². The van der Waals surface area contributed by atoms with Crippen molar-refractivity contribution in [1.82, 2.24) is 9.78 Å². The van der Waals surface area contributed by atoms with E-state index in [1.54, 1.807) is 0 Å². The molecule has 0 bridgehead atoms. The van der Waals surface area contributed by atoms with Crippen LogP contribution in [0, 0.1) is 27.3 Å². The van der Waals surface area contributed by atoms with Gasteiger partial charge in [0.25, 0.3) is 5.54 Å². The molecule has 3 aromatic rings. The van der Waals surface area contributed by atoms with Gasteiger partial charge < -0.3 is 9.74 Å². The van der Waals surface area contributed by atoms with Crippen LogP contribution in [-0.2, 0) is 12.6 Å². The Kier molecular flexibility index (Phi) is 4.27. The molecule has 1 aromatic heterocycles. The molecular formula is C24H26N4. The van der Waals surface area contributed by atoms with Gasteiger partial charge in [-0.25, -0.2) is 6.57 Å². The number of benzene rings is 2. The summed E-state index contributed by atoms with van der Waals surface area (Å²) in [6.07, 6.45) is 1.97. The number of nitrogens with zero attached hydrogens (tertiary/aromatic N) is 4. The Balaban J connectivity index is 1.70. The fourth-order valence-corrected chi connectivity index (χ4v) is 4.04. The zero-order valence-corrected chi connectivity index (χ0v) is 17.2. The highest BCUT2D eigenvalue weighted by Crippen LogP contribution is 2.49. The molecule has 1 aliphatic carbocycles. The van der Waals surface area contributed by atoms with Crippen molar-refractivity contribution in [2.75, 3.05) is 11.9 Å². The van der Waals surface area contributed by atoms with Gasteiger partial charge in [-0.1, -0.05) is 12.1 Å². The Bertz CT molecular complexity index is 1080. The molecule has 4 rings (SSSR count). The quantitative estimate of drug-likeness (QED) is 0.551. The van der Waals surface area contributed by atoms with Crippen LogP contribution in [0.15, 0.2) is 42.5 Å². The monoisotopic (exact) mass is 370 g/mol. The zero-order valence-electron chi connectivity index (χ0n) is 17.2. The molecule has 2 aromatic carbocycles. The summed E-state index contributed by atoms with van der Waals surface area (Å²) >= 11 is 0. The highest BCUT2D eigenvalue weighted by Gasteiger charge is 2.52. The molecule has 142 valence electrons. The van der Waals surface area contributed by atoms with Gasteiger partial charge in [0.2, 0.25) is 0 Å². The normalized spacial score (nSPS) is 14.6. The van der Waals surface area contributed by atoms with Crippen molar-refractivity contribution in [3.63, 3.8) is 0 Å². The van der Waals surface area contributed by atoms with Gasteiger partial charge in [0.05, 0.1) is 5.69 Å². The second-order valence-electron chi connectivity index (χ2n) is 7.92. The lowest BCUT2D eigenvalue weighted by Crippen LogP contribution is -2.11. The van der Waals surface area contributed by atoms with Gasteiger partial charge in [0, 0.05) is 55.1 Å². The largest absolute Gasteiger partial charge is 0.344 e. The first-order valence-corrected chi connectivity index (χ1v) is 9.70. The van der Waals surface area contributed by atoms with E-state index in [1.165, 1.54) is 28.1 Å². The van der Waals surface area contributed by atoms with E-state index in [4.69, 9.17) is 6.57 Å². The van der Waals surface area contributed by atoms with Crippen LogP contribution in [0.3, 0.4) is 0 Å². The van der Waals surface area contributed by atoms with Gasteiger partial charge in [-0.3, -0.25) is 4.68 Å². The summed E-state index contributed by atoms with van der Waals surface area (Å²) in [5, 5.41) is 4.57. The minimum atomic E-state index is -0.248. The van der Waals surface area contributed by atoms with Crippen LogP contribution in [0.1, 0.15) is 35.4 Å². The third-order valence-electron chi connectivity index (χ3n) is 6.10. The average molecular weight is 371 g/mol. The summed E-state index contributed by atoms with van der Waals surface area (Å²) < 4.78 is 1.94. The van der Waals surface area contributed by atoms with Gasteiger partial charge in [0.15, 0.2) is 0 Å². The van der Waals surface area contributed by atoms with E-state index in [0.717, 1.165) is 29.8 Å². The van der Waals surface area contributed by atoms with Crippen molar-refractivity contribution < 1.29 is 0 Å². The van der Waals surface area contributed by atoms with E-state index < -0.39 is 0 Å². The first-order valence-electron chi connectivity index (χ1n) is 9.70. The smallest absolute Gasteiger partial charge is 0.258 e. The van der Waals surface area contributed by atoms with E-state index >= 15 is 0 Å². The molecule has 0 saturated heterocycles. The van der Waals surface area contributed by atoms with Crippen molar-refractivity contribution in [2.45, 2.75) is 39.2 Å². The topological polar surface area (TPSA) is 25.4 Å². The second-order valence-corrected chi connectivity index (χ2v) is 7.92. The lowest BCUT2D eigenvalue weighted by molar-refractivity contribution is 0.731. The molecule has 1 fully saturated rings. The van der Waals surface area contributed by atoms with Crippen molar-refractivity contribution in [1.29, 1.82) is 0 Å². The van der Waals surface area contributed by atoms with Crippen molar-refractivity contribution >= 4 is 11.4 Å². The lowest BCUT2D eigenvalue weighted by Gasteiger charge is -2.23. The molecule has 0 N–H and O–H groups in total. The summed E-state index contributed by atoms with van der Waals surface area (Å²) in [5.74, 6) is 0. The first-order chi connectivity index (χ1) is 13.4. The number of hydrogen-bond donors (Lipinski definition) is 0. The van der Waals surface area contributed by atoms with E-state index in [0.29, 0.717) is 0 Å². The van der Waals surface area contributed by atoms with Gasteiger partial charge >= 0.3 is 0 Å². The predicted molar refractivity (Wildman–Crippen MR) is 115 cm³/mol. The number of aryl methyl sites for hydroxylation is 3. The molecule has 28 heavy (non-hydrogen) atoms. The summed E-state index contributed by atoms with van der Waals surface area (Å²) in [5.41, 5.74) is 9.06. The van der Waals surface area contributed by atoms with Crippen LogP contribution in [-0.4, -0.2) is 16.8 Å². The highest BCUT2D eigenvalue weighted by atomic mass is 15.3. The van der Waals surface area contributed by atoms with Crippen LogP contribution < -0.4 is 4.90 Å². The Hall–Kier alpha value is -3.06. The van der Waals surface area contributed by atoms with E-state index in [9.17, 15) is 0 Å². The Labute approximate surface area is 167 Å². The van der Waals surface area contributed by atoms with E-state index in [-0.39, 0.29) is 5.54 Å². The molecule has 1 saturated carbocycles. The summed E-state index contributed by atoms with van der Waals surface area (Å²) in [7, 11) is 4.09. The number of aromatic nitrogens is 2. The molecular weight excluding hydrogens is 344 g/mol. The zero-order chi connectivity index (χ0) is 20.1. The third kappa shape index (κ3) is 2.88. The second kappa shape index (κ2) is 6.53. The third-order valence-corrected chi connectivity index (χ3v) is 6.10. The Morgan fingerprint density at radius 2 is 1.75 bits per heavy atom. The fraction of sp³-hybridized carbons (Fsp3) is 0.333. The predicted octanol–water partition coefficient (Wildman–Crippen LogP) is 5.69. The lowest BCUT2D eigenvalue weighted by atomic mass is 10.00. The number of anilines is 2. The maximum atomic E-state index is 7.46. The van der Waals surface area contributed by atoms with Crippen LogP contribution in [0.5, 0.6) is 0 Å². The Morgan fingerprint density at radius 3 is 2.29 bits per heavy atom. The van der Waals surface area contributed by atoms with Gasteiger partial charge in [-0.15, -0.1) is 0 Å². The molecule has 4 nitrogen and oxygen atoms in total. The van der Waals surface area contributed by atoms with Crippen LogP contribution in [0.25, 0.3) is 16.0 Å². The molecule has 4 heteroatoms. The molecule has 1 aliphatic rings. The summed E-state index contributed by atoms with van der Waals surface area (Å²) in [6.45, 7) is 13.8. The molecule has 0 amide bonds. The molecule has 0 spiro atoms. The van der Waals surface area contributed by atoms with Crippen molar-refractivity contribution in [3.8, 4) is 11.1 Å². The molecule has 1 heterocycles. The molecule has 0 aliphatic heterocycles. The maximum Gasteiger partial charge on any atom is 0.258 e. The minimum absolute atomic E-state index is 0.248. The van der Waals surface area contributed by atoms with Gasteiger partial charge in [-0.05, 0) is 62.2 Å². The van der Waals surface area contributed by atoms with Crippen LogP contribution >= 0.6 is 0 Å². The van der Waals surface area contributed by atoms with Crippen LogP contribution in [0.2, 0.25) is 0 Å². The fourth-order valence-electron chi connectivity index (χ4n) is 4.04. The molecule has 0 atom stereocenters. The van der Waals surface area contributed by atoms with E-state index in [2.05, 4.69) is 85.1 Å². The Morgan fingerprint density at radius 1 is 1.07 bits per heavy atom. The van der Waals surface area contributed by atoms with Gasteiger partial charge in [0.1, 0.15) is 0 Å².